The summed E-state index contributed by atoms with van der Waals surface area (Å²) in [5, 5.41) is 14.7. The summed E-state index contributed by atoms with van der Waals surface area (Å²) in [6.07, 6.45) is 4.74. The van der Waals surface area contributed by atoms with Gasteiger partial charge in [0.1, 0.15) is 5.69 Å². The highest BCUT2D eigenvalue weighted by atomic mass is 16.6. The number of benzene rings is 1. The Bertz CT molecular complexity index is 559. The van der Waals surface area contributed by atoms with Crippen LogP contribution in [0.1, 0.15) is 36.8 Å². The Hall–Kier alpha value is -1.62. The number of nitro benzene ring substituents is 1. The van der Waals surface area contributed by atoms with Crippen LogP contribution in [0.15, 0.2) is 12.1 Å². The van der Waals surface area contributed by atoms with Crippen molar-refractivity contribution in [1.82, 2.24) is 4.90 Å². The van der Waals surface area contributed by atoms with E-state index in [9.17, 15) is 10.1 Å². The molecule has 0 saturated carbocycles. The van der Waals surface area contributed by atoms with Gasteiger partial charge in [-0.2, -0.15) is 0 Å². The lowest BCUT2D eigenvalue weighted by Crippen LogP contribution is -2.42. The summed E-state index contributed by atoms with van der Waals surface area (Å²) in [6, 6.07) is 4.63. The van der Waals surface area contributed by atoms with E-state index in [4.69, 9.17) is 0 Å². The number of hydrogen-bond donors (Lipinski definition) is 1. The van der Waals surface area contributed by atoms with Gasteiger partial charge in [0, 0.05) is 24.7 Å². The predicted octanol–water partition coefficient (Wildman–Crippen LogP) is 3.25. The van der Waals surface area contributed by atoms with Crippen molar-refractivity contribution in [2.75, 3.05) is 18.4 Å². The summed E-state index contributed by atoms with van der Waals surface area (Å²) < 4.78 is 0. The molecule has 2 aliphatic heterocycles. The van der Waals surface area contributed by atoms with Crippen molar-refractivity contribution in [3.8, 4) is 0 Å². The molecule has 2 unspecified atom stereocenters. The standard InChI is InChI=1S/C16H23N3O2/c1-11-8-15(16(19(20)21)9-12(11)2)17-13-5-7-18-6-3-4-14(18)10-13/h8-9,13-14,17H,3-7,10H2,1-2H3. The normalized spacial score (nSPS) is 25.6. The van der Waals surface area contributed by atoms with Crippen molar-refractivity contribution < 1.29 is 4.92 Å². The van der Waals surface area contributed by atoms with Crippen LogP contribution < -0.4 is 5.32 Å². The maximum absolute atomic E-state index is 11.3. The molecule has 2 fully saturated rings. The van der Waals surface area contributed by atoms with Gasteiger partial charge < -0.3 is 10.2 Å². The summed E-state index contributed by atoms with van der Waals surface area (Å²) in [5.74, 6) is 0. The van der Waals surface area contributed by atoms with Gasteiger partial charge in [-0.1, -0.05) is 0 Å². The molecular weight excluding hydrogens is 266 g/mol. The number of fused-ring (bicyclic) bond motifs is 1. The first-order valence-electron chi connectivity index (χ1n) is 7.81. The van der Waals surface area contributed by atoms with Crippen molar-refractivity contribution in [2.45, 2.75) is 51.6 Å². The number of anilines is 1. The molecule has 2 heterocycles. The summed E-state index contributed by atoms with van der Waals surface area (Å²) in [6.45, 7) is 6.26. The van der Waals surface area contributed by atoms with E-state index in [0.717, 1.165) is 30.5 Å². The van der Waals surface area contributed by atoms with E-state index in [1.807, 2.05) is 19.9 Å². The number of rotatable bonds is 3. The predicted molar refractivity (Wildman–Crippen MR) is 83.8 cm³/mol. The van der Waals surface area contributed by atoms with Gasteiger partial charge in [0.05, 0.1) is 4.92 Å². The van der Waals surface area contributed by atoms with E-state index in [0.29, 0.717) is 17.8 Å². The third kappa shape index (κ3) is 2.88. The summed E-state index contributed by atoms with van der Waals surface area (Å²) >= 11 is 0. The largest absolute Gasteiger partial charge is 0.377 e. The minimum atomic E-state index is -0.278. The second kappa shape index (κ2) is 5.64. The molecule has 1 aromatic rings. The number of nitro groups is 1. The van der Waals surface area contributed by atoms with Crippen molar-refractivity contribution in [3.63, 3.8) is 0 Å². The monoisotopic (exact) mass is 289 g/mol. The number of aryl methyl sites for hydroxylation is 2. The van der Waals surface area contributed by atoms with Crippen LogP contribution in [0, 0.1) is 24.0 Å². The van der Waals surface area contributed by atoms with Gasteiger partial charge in [-0.05, 0) is 63.3 Å². The Balaban J connectivity index is 1.78. The Morgan fingerprint density at radius 2 is 2.00 bits per heavy atom. The molecular formula is C16H23N3O2. The molecule has 2 saturated heterocycles. The molecule has 5 heteroatoms. The van der Waals surface area contributed by atoms with Crippen molar-refractivity contribution >= 4 is 11.4 Å². The molecule has 0 aliphatic carbocycles. The highest BCUT2D eigenvalue weighted by Gasteiger charge is 2.32. The second-order valence-corrected chi connectivity index (χ2v) is 6.41. The van der Waals surface area contributed by atoms with E-state index in [-0.39, 0.29) is 10.6 Å². The second-order valence-electron chi connectivity index (χ2n) is 6.41. The van der Waals surface area contributed by atoms with E-state index in [1.54, 1.807) is 6.07 Å². The molecule has 21 heavy (non-hydrogen) atoms. The number of hydrogen-bond acceptors (Lipinski definition) is 4. The average molecular weight is 289 g/mol. The molecule has 3 rings (SSSR count). The van der Waals surface area contributed by atoms with Gasteiger partial charge in [0.25, 0.3) is 5.69 Å². The summed E-state index contributed by atoms with van der Waals surface area (Å²) in [5.41, 5.74) is 2.95. The molecule has 5 nitrogen and oxygen atoms in total. The molecule has 1 N–H and O–H groups in total. The van der Waals surface area contributed by atoms with Crippen LogP contribution in [0.4, 0.5) is 11.4 Å². The lowest BCUT2D eigenvalue weighted by Gasteiger charge is -2.35. The highest BCUT2D eigenvalue weighted by molar-refractivity contribution is 5.65. The van der Waals surface area contributed by atoms with Crippen LogP contribution in [-0.4, -0.2) is 35.0 Å². The van der Waals surface area contributed by atoms with E-state index in [1.165, 1.54) is 19.4 Å². The molecule has 0 radical (unpaired) electrons. The first kappa shape index (κ1) is 14.3. The van der Waals surface area contributed by atoms with Crippen LogP contribution >= 0.6 is 0 Å². The molecule has 2 aliphatic rings. The molecule has 0 bridgehead atoms. The van der Waals surface area contributed by atoms with Crippen LogP contribution in [0.2, 0.25) is 0 Å². The fourth-order valence-corrected chi connectivity index (χ4v) is 3.64. The maximum atomic E-state index is 11.3. The van der Waals surface area contributed by atoms with Crippen LogP contribution in [0.5, 0.6) is 0 Å². The number of nitrogens with zero attached hydrogens (tertiary/aromatic N) is 2. The molecule has 2 atom stereocenters. The van der Waals surface area contributed by atoms with E-state index < -0.39 is 0 Å². The molecule has 0 amide bonds. The summed E-state index contributed by atoms with van der Waals surface area (Å²) in [4.78, 5) is 13.6. The van der Waals surface area contributed by atoms with Gasteiger partial charge in [0.15, 0.2) is 0 Å². The van der Waals surface area contributed by atoms with E-state index >= 15 is 0 Å². The quantitative estimate of drug-likeness (QED) is 0.685. The van der Waals surface area contributed by atoms with Crippen molar-refractivity contribution in [1.29, 1.82) is 0 Å². The van der Waals surface area contributed by atoms with Gasteiger partial charge in [-0.25, -0.2) is 0 Å². The topological polar surface area (TPSA) is 58.4 Å². The number of nitrogens with one attached hydrogen (secondary N) is 1. The first-order chi connectivity index (χ1) is 10.0. The third-order valence-electron chi connectivity index (χ3n) is 4.99. The Morgan fingerprint density at radius 3 is 2.76 bits per heavy atom. The molecule has 114 valence electrons. The van der Waals surface area contributed by atoms with Gasteiger partial charge >= 0.3 is 0 Å². The smallest absolute Gasteiger partial charge is 0.292 e. The lowest BCUT2D eigenvalue weighted by atomic mass is 9.97. The van der Waals surface area contributed by atoms with Gasteiger partial charge in [-0.3, -0.25) is 10.1 Å². The SMILES string of the molecule is Cc1cc(NC2CCN3CCCC3C2)c([N+](=O)[O-])cc1C. The summed E-state index contributed by atoms with van der Waals surface area (Å²) in [7, 11) is 0. The maximum Gasteiger partial charge on any atom is 0.292 e. The van der Waals surface area contributed by atoms with Gasteiger partial charge in [-0.15, -0.1) is 0 Å². The van der Waals surface area contributed by atoms with E-state index in [2.05, 4.69) is 10.2 Å². The molecule has 0 spiro atoms. The zero-order valence-corrected chi connectivity index (χ0v) is 12.8. The number of piperidine rings is 1. The molecule has 1 aromatic carbocycles. The van der Waals surface area contributed by atoms with Crippen molar-refractivity contribution in [2.24, 2.45) is 0 Å². The fourth-order valence-electron chi connectivity index (χ4n) is 3.64. The zero-order chi connectivity index (χ0) is 15.0. The fraction of sp³-hybridized carbons (Fsp3) is 0.625. The molecule has 0 aromatic heterocycles. The Kier molecular flexibility index (Phi) is 3.85. The van der Waals surface area contributed by atoms with Crippen LogP contribution in [0.3, 0.4) is 0 Å². The van der Waals surface area contributed by atoms with Gasteiger partial charge in [0.2, 0.25) is 0 Å². The minimum Gasteiger partial charge on any atom is -0.377 e. The third-order valence-corrected chi connectivity index (χ3v) is 4.99. The Morgan fingerprint density at radius 1 is 1.24 bits per heavy atom. The minimum absolute atomic E-state index is 0.201. The average Bonchev–Trinajstić information content (AvgIpc) is 2.89. The van der Waals surface area contributed by atoms with Crippen molar-refractivity contribution in [3.05, 3.63) is 33.4 Å². The van der Waals surface area contributed by atoms with Crippen LogP contribution in [0.25, 0.3) is 0 Å². The van der Waals surface area contributed by atoms with Crippen LogP contribution in [-0.2, 0) is 0 Å². The first-order valence-corrected chi connectivity index (χ1v) is 7.81. The lowest BCUT2D eigenvalue weighted by molar-refractivity contribution is -0.384. The Labute approximate surface area is 125 Å². The zero-order valence-electron chi connectivity index (χ0n) is 12.8. The highest BCUT2D eigenvalue weighted by Crippen LogP contribution is 2.32.